The number of anilines is 1. The summed E-state index contributed by atoms with van der Waals surface area (Å²) in [7, 11) is 2.08. The number of ether oxygens (including phenoxy) is 1. The third-order valence-electron chi connectivity index (χ3n) is 8.34. The molecule has 2 aliphatic heterocycles. The first kappa shape index (κ1) is 27.4. The topological polar surface area (TPSA) is 90.5 Å². The van der Waals surface area contributed by atoms with E-state index >= 15 is 4.39 Å². The van der Waals surface area contributed by atoms with E-state index in [1.165, 1.54) is 6.08 Å². The first-order valence-corrected chi connectivity index (χ1v) is 14.3. The number of amides is 1. The van der Waals surface area contributed by atoms with E-state index in [1.807, 2.05) is 30.9 Å². The summed E-state index contributed by atoms with van der Waals surface area (Å²) < 4.78 is 22.9. The van der Waals surface area contributed by atoms with Crippen LogP contribution in [0.4, 0.5) is 10.2 Å². The van der Waals surface area contributed by atoms with Crippen LogP contribution in [0.3, 0.4) is 0 Å². The van der Waals surface area contributed by atoms with Crippen molar-refractivity contribution in [3.63, 3.8) is 0 Å². The van der Waals surface area contributed by atoms with E-state index in [9.17, 15) is 4.79 Å². The number of aromatic amines is 1. The number of aromatic nitrogens is 4. The number of fused-ring (bicyclic) bond motifs is 2. The minimum atomic E-state index is -0.532. The summed E-state index contributed by atoms with van der Waals surface area (Å²) in [5, 5.41) is 8.96. The molecule has 4 aromatic rings. The molecule has 0 saturated carbocycles. The Morgan fingerprint density at radius 2 is 1.98 bits per heavy atom. The van der Waals surface area contributed by atoms with Crippen molar-refractivity contribution in [1.82, 2.24) is 30.0 Å². The molecule has 2 aromatic carbocycles. The summed E-state index contributed by atoms with van der Waals surface area (Å²) >= 11 is 6.89. The maximum absolute atomic E-state index is 16.8. The molecule has 214 valence electrons. The summed E-state index contributed by atoms with van der Waals surface area (Å²) in [6.07, 6.45) is 3.46. The lowest BCUT2D eigenvalue weighted by Crippen LogP contribution is -2.48. The van der Waals surface area contributed by atoms with Crippen molar-refractivity contribution in [2.24, 2.45) is 0 Å². The lowest BCUT2D eigenvalue weighted by atomic mass is 9.94. The first-order chi connectivity index (χ1) is 19.8. The highest BCUT2D eigenvalue weighted by Gasteiger charge is 2.28. The summed E-state index contributed by atoms with van der Waals surface area (Å²) in [4.78, 5) is 27.6. The van der Waals surface area contributed by atoms with E-state index in [0.29, 0.717) is 49.6 Å². The van der Waals surface area contributed by atoms with Crippen LogP contribution in [0.25, 0.3) is 32.9 Å². The number of likely N-dealkylation sites (N-methyl/N-ethyl adjacent to an activating group) is 1. The van der Waals surface area contributed by atoms with E-state index in [0.717, 1.165) is 41.5 Å². The molecule has 2 aromatic heterocycles. The summed E-state index contributed by atoms with van der Waals surface area (Å²) in [6.45, 7) is 10.9. The van der Waals surface area contributed by atoms with E-state index in [-0.39, 0.29) is 34.1 Å². The average molecular weight is 578 g/mol. The molecule has 41 heavy (non-hydrogen) atoms. The fourth-order valence-electron chi connectivity index (χ4n) is 6.01. The fourth-order valence-corrected chi connectivity index (χ4v) is 6.30. The molecular formula is C30H33ClFN7O2. The second kappa shape index (κ2) is 10.9. The zero-order valence-corrected chi connectivity index (χ0v) is 24.3. The molecule has 1 atom stereocenters. The van der Waals surface area contributed by atoms with Crippen molar-refractivity contribution >= 4 is 45.1 Å². The minimum absolute atomic E-state index is 0.111. The molecule has 1 amide bonds. The van der Waals surface area contributed by atoms with Gasteiger partial charge in [0.1, 0.15) is 17.9 Å². The third-order valence-corrected chi connectivity index (χ3v) is 8.64. The summed E-state index contributed by atoms with van der Waals surface area (Å²) in [5.41, 5.74) is 3.55. The van der Waals surface area contributed by atoms with Crippen molar-refractivity contribution in [2.75, 3.05) is 51.3 Å². The van der Waals surface area contributed by atoms with Crippen molar-refractivity contribution < 1.29 is 13.9 Å². The van der Waals surface area contributed by atoms with Gasteiger partial charge in [-0.3, -0.25) is 9.89 Å². The number of likely N-dealkylation sites (tertiary alicyclic amines) is 1. The van der Waals surface area contributed by atoms with Crippen LogP contribution in [-0.4, -0.2) is 88.3 Å². The van der Waals surface area contributed by atoms with Crippen LogP contribution in [0.15, 0.2) is 30.9 Å². The number of hydrogen-bond donors (Lipinski definition) is 1. The van der Waals surface area contributed by atoms with E-state index < -0.39 is 5.82 Å². The normalized spacial score (nSPS) is 18.0. The van der Waals surface area contributed by atoms with Gasteiger partial charge in [-0.2, -0.15) is 15.1 Å². The van der Waals surface area contributed by atoms with Crippen LogP contribution >= 0.6 is 11.6 Å². The quantitative estimate of drug-likeness (QED) is 0.326. The zero-order valence-electron chi connectivity index (χ0n) is 23.5. The molecule has 2 aliphatic rings. The lowest BCUT2D eigenvalue weighted by molar-refractivity contribution is -0.126. The average Bonchev–Trinajstić information content (AvgIpc) is 3.57. The highest BCUT2D eigenvalue weighted by Crippen LogP contribution is 2.43. The van der Waals surface area contributed by atoms with Gasteiger partial charge in [0.15, 0.2) is 5.82 Å². The van der Waals surface area contributed by atoms with Gasteiger partial charge in [-0.05, 0) is 64.1 Å². The molecule has 0 unspecified atom stereocenters. The van der Waals surface area contributed by atoms with Crippen molar-refractivity contribution in [3.05, 3.63) is 53.0 Å². The number of piperazine rings is 1. The lowest BCUT2D eigenvalue weighted by Gasteiger charge is -2.35. The van der Waals surface area contributed by atoms with E-state index in [1.54, 1.807) is 11.0 Å². The molecular weight excluding hydrogens is 545 g/mol. The van der Waals surface area contributed by atoms with E-state index in [2.05, 4.69) is 33.7 Å². The SMILES string of the molecule is C=CC(=O)N1CCN(c2nc(OC[C@@H]3CCCN3C)nc3c(F)c(-c4c(C)ccc5n[nH]c(C)c45)c(Cl)cc23)CC1. The van der Waals surface area contributed by atoms with Crippen LogP contribution in [-0.2, 0) is 4.79 Å². The van der Waals surface area contributed by atoms with Gasteiger partial charge in [-0.1, -0.05) is 24.2 Å². The van der Waals surface area contributed by atoms with Crippen LogP contribution in [0.1, 0.15) is 24.1 Å². The van der Waals surface area contributed by atoms with E-state index in [4.69, 9.17) is 21.3 Å². The molecule has 6 rings (SSSR count). The Morgan fingerprint density at radius 1 is 1.20 bits per heavy atom. The number of carbonyl (C=O) groups excluding carboxylic acids is 1. The standard InChI is InChI=1S/C30H33ClFN7O2/c1-5-23(40)38-11-13-39(14-12-38)29-20-15-21(31)26(24-17(2)8-9-22-25(24)18(3)35-36-22)27(32)28(20)33-30(34-29)41-16-19-7-6-10-37(19)4/h5,8-9,15,19H,1,6-7,10-14,16H2,2-4H3,(H,35,36)/t19-/m0/s1. The van der Waals surface area contributed by atoms with Gasteiger partial charge in [0.05, 0.1) is 10.5 Å². The Kier molecular flexibility index (Phi) is 7.29. The number of aryl methyl sites for hydroxylation is 2. The largest absolute Gasteiger partial charge is 0.462 e. The maximum atomic E-state index is 16.8. The number of carbonyl (C=O) groups is 1. The van der Waals surface area contributed by atoms with Crippen molar-refractivity contribution in [2.45, 2.75) is 32.7 Å². The number of hydrogen-bond acceptors (Lipinski definition) is 7. The Bertz CT molecular complexity index is 1660. The second-order valence-corrected chi connectivity index (χ2v) is 11.3. The second-order valence-electron chi connectivity index (χ2n) is 10.9. The molecule has 0 bridgehead atoms. The predicted octanol–water partition coefficient (Wildman–Crippen LogP) is 4.89. The number of nitrogens with zero attached hydrogens (tertiary/aromatic N) is 6. The molecule has 9 nitrogen and oxygen atoms in total. The van der Waals surface area contributed by atoms with Crippen molar-refractivity contribution in [3.8, 4) is 17.1 Å². The van der Waals surface area contributed by atoms with Crippen molar-refractivity contribution in [1.29, 1.82) is 0 Å². The maximum Gasteiger partial charge on any atom is 0.319 e. The zero-order chi connectivity index (χ0) is 28.8. The van der Waals surface area contributed by atoms with Gasteiger partial charge < -0.3 is 19.4 Å². The minimum Gasteiger partial charge on any atom is -0.462 e. The van der Waals surface area contributed by atoms with Gasteiger partial charge in [0, 0.05) is 59.8 Å². The number of halogens is 2. The summed E-state index contributed by atoms with van der Waals surface area (Å²) in [5.74, 6) is -0.104. The molecule has 2 saturated heterocycles. The number of benzene rings is 2. The predicted molar refractivity (Wildman–Crippen MR) is 159 cm³/mol. The number of rotatable bonds is 6. The van der Waals surface area contributed by atoms with Crippen LogP contribution in [0, 0.1) is 19.7 Å². The van der Waals surface area contributed by atoms with Gasteiger partial charge >= 0.3 is 6.01 Å². The molecule has 4 heterocycles. The van der Waals surface area contributed by atoms with Gasteiger partial charge in [-0.25, -0.2) is 4.39 Å². The molecule has 2 fully saturated rings. The molecule has 1 N–H and O–H groups in total. The third kappa shape index (κ3) is 4.89. The molecule has 11 heteroatoms. The Morgan fingerprint density at radius 3 is 2.68 bits per heavy atom. The van der Waals surface area contributed by atoms with Gasteiger partial charge in [0.2, 0.25) is 5.91 Å². The summed E-state index contributed by atoms with van der Waals surface area (Å²) in [6, 6.07) is 5.95. The Labute approximate surface area is 242 Å². The van der Waals surface area contributed by atoms with Crippen LogP contribution < -0.4 is 9.64 Å². The monoisotopic (exact) mass is 577 g/mol. The van der Waals surface area contributed by atoms with Gasteiger partial charge in [-0.15, -0.1) is 0 Å². The molecule has 0 radical (unpaired) electrons. The van der Waals surface area contributed by atoms with Crippen LogP contribution in [0.5, 0.6) is 6.01 Å². The fraction of sp³-hybridized carbons (Fsp3) is 0.400. The Balaban J connectivity index is 1.48. The van der Waals surface area contributed by atoms with Gasteiger partial charge in [0.25, 0.3) is 0 Å². The number of nitrogens with one attached hydrogen (secondary N) is 1. The number of H-pyrrole nitrogens is 1. The van der Waals surface area contributed by atoms with Crippen LogP contribution in [0.2, 0.25) is 5.02 Å². The molecule has 0 spiro atoms. The smallest absolute Gasteiger partial charge is 0.319 e. The highest BCUT2D eigenvalue weighted by molar-refractivity contribution is 6.35. The highest BCUT2D eigenvalue weighted by atomic mass is 35.5. The Hall–Kier alpha value is -3.76. The first-order valence-electron chi connectivity index (χ1n) is 13.9. The molecule has 0 aliphatic carbocycles.